The highest BCUT2D eigenvalue weighted by atomic mass is 79.9. The molecular weight excluding hydrogens is 310 g/mol. The van der Waals surface area contributed by atoms with Crippen LogP contribution in [-0.4, -0.2) is 4.37 Å². The maximum atomic E-state index is 9.09. The second kappa shape index (κ2) is 5.09. The lowest BCUT2D eigenvalue weighted by atomic mass is 10.1. The summed E-state index contributed by atoms with van der Waals surface area (Å²) < 4.78 is 5.31. The Morgan fingerprint density at radius 2 is 1.89 bits per heavy atom. The van der Waals surface area contributed by atoms with Crippen molar-refractivity contribution in [1.29, 1.82) is 5.26 Å². The van der Waals surface area contributed by atoms with E-state index in [-0.39, 0.29) is 0 Å². The molecule has 1 N–H and O–H groups in total. The Kier molecular flexibility index (Phi) is 3.69. The normalized spacial score (nSPS) is 10.2. The lowest BCUT2D eigenvalue weighted by Gasteiger charge is -2.09. The van der Waals surface area contributed by atoms with E-state index in [1.165, 1.54) is 11.5 Å². The number of anilines is 2. The minimum absolute atomic E-state index is 0.623. The first kappa shape index (κ1) is 13.1. The minimum atomic E-state index is 0.623. The number of nitrogens with zero attached hydrogens (tertiary/aromatic N) is 2. The first-order valence-corrected chi connectivity index (χ1v) is 6.99. The summed E-state index contributed by atoms with van der Waals surface area (Å²) in [5, 5.41) is 13.2. The molecule has 1 heterocycles. The molecule has 1 aromatic carbocycles. The fourth-order valence-corrected chi connectivity index (χ4v) is 2.73. The molecular formula is C13H12BrN3S. The molecule has 0 aliphatic heterocycles. The van der Waals surface area contributed by atoms with E-state index in [1.807, 2.05) is 32.9 Å². The lowest BCUT2D eigenvalue weighted by molar-refractivity contribution is 1.31. The summed E-state index contributed by atoms with van der Waals surface area (Å²) in [7, 11) is 0. The highest BCUT2D eigenvalue weighted by molar-refractivity contribution is 9.10. The van der Waals surface area contributed by atoms with Crippen LogP contribution < -0.4 is 5.32 Å². The summed E-state index contributed by atoms with van der Waals surface area (Å²) in [5.41, 5.74) is 4.71. The number of benzene rings is 1. The second-order valence-electron chi connectivity index (χ2n) is 4.13. The largest absolute Gasteiger partial charge is 0.345 e. The molecule has 0 saturated heterocycles. The van der Waals surface area contributed by atoms with Gasteiger partial charge in [0.2, 0.25) is 0 Å². The SMILES string of the molecule is Cc1cc(Nc2snc(C)c2C#N)cc(C)c1Br. The molecule has 0 radical (unpaired) electrons. The number of aryl methyl sites for hydroxylation is 3. The van der Waals surface area contributed by atoms with Crippen LogP contribution in [0.4, 0.5) is 10.7 Å². The maximum absolute atomic E-state index is 9.09. The number of halogens is 1. The average molecular weight is 322 g/mol. The minimum Gasteiger partial charge on any atom is -0.345 e. The van der Waals surface area contributed by atoms with Gasteiger partial charge >= 0.3 is 0 Å². The van der Waals surface area contributed by atoms with E-state index in [1.54, 1.807) is 0 Å². The maximum Gasteiger partial charge on any atom is 0.132 e. The first-order chi connectivity index (χ1) is 8.52. The van der Waals surface area contributed by atoms with Crippen LogP contribution in [0.3, 0.4) is 0 Å². The molecule has 2 aromatic rings. The molecule has 0 saturated carbocycles. The molecule has 0 fully saturated rings. The molecule has 1 aromatic heterocycles. The molecule has 0 spiro atoms. The third-order valence-corrected chi connectivity index (χ3v) is 4.77. The first-order valence-electron chi connectivity index (χ1n) is 5.43. The Hall–Kier alpha value is -1.38. The molecule has 0 aliphatic carbocycles. The Balaban J connectivity index is 2.38. The average Bonchev–Trinajstić information content (AvgIpc) is 2.66. The molecule has 2 rings (SSSR count). The van der Waals surface area contributed by atoms with Crippen LogP contribution in [0.2, 0.25) is 0 Å². The van der Waals surface area contributed by atoms with Crippen LogP contribution >= 0.6 is 27.5 Å². The van der Waals surface area contributed by atoms with Gasteiger partial charge in [-0.2, -0.15) is 9.64 Å². The molecule has 0 unspecified atom stereocenters. The van der Waals surface area contributed by atoms with Crippen LogP contribution in [0, 0.1) is 32.1 Å². The summed E-state index contributed by atoms with van der Waals surface area (Å²) in [5.74, 6) is 0. The molecule has 0 bridgehead atoms. The van der Waals surface area contributed by atoms with Gasteiger partial charge < -0.3 is 5.32 Å². The number of hydrogen-bond acceptors (Lipinski definition) is 4. The summed E-state index contributed by atoms with van der Waals surface area (Å²) in [6, 6.07) is 6.28. The third-order valence-electron chi connectivity index (χ3n) is 2.67. The van der Waals surface area contributed by atoms with E-state index in [4.69, 9.17) is 5.26 Å². The molecule has 0 aliphatic rings. The summed E-state index contributed by atoms with van der Waals surface area (Å²) in [4.78, 5) is 0. The van der Waals surface area contributed by atoms with Gasteiger partial charge in [-0.15, -0.1) is 0 Å². The Morgan fingerprint density at radius 3 is 2.44 bits per heavy atom. The molecule has 0 atom stereocenters. The predicted molar refractivity (Wildman–Crippen MR) is 78.5 cm³/mol. The topological polar surface area (TPSA) is 48.7 Å². The smallest absolute Gasteiger partial charge is 0.132 e. The van der Waals surface area contributed by atoms with E-state index >= 15 is 0 Å². The number of aromatic nitrogens is 1. The van der Waals surface area contributed by atoms with Crippen molar-refractivity contribution >= 4 is 38.2 Å². The van der Waals surface area contributed by atoms with Crippen molar-refractivity contribution in [2.24, 2.45) is 0 Å². The molecule has 0 amide bonds. The van der Waals surface area contributed by atoms with Gasteiger partial charge in [0.05, 0.1) is 5.69 Å². The number of nitrogens with one attached hydrogen (secondary N) is 1. The summed E-state index contributed by atoms with van der Waals surface area (Å²) in [6.45, 7) is 5.94. The summed E-state index contributed by atoms with van der Waals surface area (Å²) in [6.07, 6.45) is 0. The third kappa shape index (κ3) is 2.40. The van der Waals surface area contributed by atoms with Crippen molar-refractivity contribution in [2.75, 3.05) is 5.32 Å². The van der Waals surface area contributed by atoms with E-state index in [2.05, 4.69) is 31.7 Å². The van der Waals surface area contributed by atoms with Gasteiger partial charge in [0.25, 0.3) is 0 Å². The van der Waals surface area contributed by atoms with Crippen molar-refractivity contribution in [3.63, 3.8) is 0 Å². The number of rotatable bonds is 2. The number of nitriles is 1. The molecule has 18 heavy (non-hydrogen) atoms. The van der Waals surface area contributed by atoms with Crippen LogP contribution in [-0.2, 0) is 0 Å². The predicted octanol–water partition coefficient (Wildman–Crippen LogP) is 4.45. The van der Waals surface area contributed by atoms with E-state index in [0.29, 0.717) is 5.56 Å². The van der Waals surface area contributed by atoms with E-state index < -0.39 is 0 Å². The van der Waals surface area contributed by atoms with Gasteiger partial charge in [-0.1, -0.05) is 15.9 Å². The van der Waals surface area contributed by atoms with Crippen LogP contribution in [0.15, 0.2) is 16.6 Å². The highest BCUT2D eigenvalue weighted by Crippen LogP contribution is 2.30. The van der Waals surface area contributed by atoms with E-state index in [0.717, 1.165) is 32.0 Å². The standard InChI is InChI=1S/C13H12BrN3S/c1-7-4-10(5-8(2)12(7)14)16-13-11(6-15)9(3)17-18-13/h4-5,16H,1-3H3. The van der Waals surface area contributed by atoms with Gasteiger partial charge in [-0.3, -0.25) is 0 Å². The van der Waals surface area contributed by atoms with Gasteiger partial charge in [-0.05, 0) is 55.6 Å². The van der Waals surface area contributed by atoms with Gasteiger partial charge in [0.1, 0.15) is 16.6 Å². The van der Waals surface area contributed by atoms with Crippen molar-refractivity contribution < 1.29 is 0 Å². The Labute approximate surface area is 119 Å². The van der Waals surface area contributed by atoms with Gasteiger partial charge in [0.15, 0.2) is 0 Å². The van der Waals surface area contributed by atoms with Crippen LogP contribution in [0.5, 0.6) is 0 Å². The Morgan fingerprint density at radius 1 is 1.28 bits per heavy atom. The van der Waals surface area contributed by atoms with Crippen molar-refractivity contribution in [2.45, 2.75) is 20.8 Å². The van der Waals surface area contributed by atoms with Crippen molar-refractivity contribution in [3.8, 4) is 6.07 Å². The van der Waals surface area contributed by atoms with Gasteiger partial charge in [0, 0.05) is 10.2 Å². The van der Waals surface area contributed by atoms with Crippen molar-refractivity contribution in [3.05, 3.63) is 39.0 Å². The molecule has 5 heteroatoms. The monoisotopic (exact) mass is 321 g/mol. The van der Waals surface area contributed by atoms with Crippen LogP contribution in [0.25, 0.3) is 0 Å². The zero-order chi connectivity index (χ0) is 13.3. The molecule has 92 valence electrons. The lowest BCUT2D eigenvalue weighted by Crippen LogP contribution is -1.93. The summed E-state index contributed by atoms with van der Waals surface area (Å²) >= 11 is 4.86. The van der Waals surface area contributed by atoms with E-state index in [9.17, 15) is 0 Å². The highest BCUT2D eigenvalue weighted by Gasteiger charge is 2.11. The van der Waals surface area contributed by atoms with Crippen LogP contribution in [0.1, 0.15) is 22.4 Å². The second-order valence-corrected chi connectivity index (χ2v) is 5.70. The Bertz CT molecular complexity index is 617. The molecule has 3 nitrogen and oxygen atoms in total. The van der Waals surface area contributed by atoms with Crippen molar-refractivity contribution in [1.82, 2.24) is 4.37 Å². The number of hydrogen-bond donors (Lipinski definition) is 1. The van der Waals surface area contributed by atoms with Gasteiger partial charge in [-0.25, -0.2) is 0 Å². The quantitative estimate of drug-likeness (QED) is 0.889. The zero-order valence-corrected chi connectivity index (χ0v) is 12.7. The fraction of sp³-hybridized carbons (Fsp3) is 0.231. The fourth-order valence-electron chi connectivity index (χ4n) is 1.74. The zero-order valence-electron chi connectivity index (χ0n) is 10.3.